The molecule has 0 fully saturated rings. The fourth-order valence-electron chi connectivity index (χ4n) is 2.24. The molecular formula is C16H11NO4. The fraction of sp³-hybridized carbons (Fsp3) is 0.0625. The zero-order valence-corrected chi connectivity index (χ0v) is 10.9. The number of rotatable bonds is 2. The highest BCUT2D eigenvalue weighted by molar-refractivity contribution is 5.90. The van der Waals surface area contributed by atoms with Crippen molar-refractivity contribution in [2.75, 3.05) is 6.79 Å². The Bertz CT molecular complexity index is 814. The van der Waals surface area contributed by atoms with Gasteiger partial charge in [-0.2, -0.15) is 0 Å². The zero-order valence-electron chi connectivity index (χ0n) is 10.9. The van der Waals surface area contributed by atoms with E-state index in [2.05, 4.69) is 4.98 Å². The van der Waals surface area contributed by atoms with Crippen LogP contribution in [0.25, 0.3) is 10.8 Å². The van der Waals surface area contributed by atoms with Gasteiger partial charge in [0.05, 0.1) is 0 Å². The second kappa shape index (κ2) is 4.56. The van der Waals surface area contributed by atoms with E-state index in [-0.39, 0.29) is 12.5 Å². The summed E-state index contributed by atoms with van der Waals surface area (Å²) >= 11 is 0. The van der Waals surface area contributed by atoms with Crippen LogP contribution in [0.1, 0.15) is 0 Å². The average molecular weight is 281 g/mol. The minimum atomic E-state index is 0.191. The maximum absolute atomic E-state index is 9.30. The summed E-state index contributed by atoms with van der Waals surface area (Å²) in [5, 5.41) is 11.1. The predicted octanol–water partition coefficient (Wildman–Crippen LogP) is 3.46. The van der Waals surface area contributed by atoms with Gasteiger partial charge in [-0.1, -0.05) is 0 Å². The number of hydrogen-bond acceptors (Lipinski definition) is 5. The van der Waals surface area contributed by atoms with Gasteiger partial charge in [0, 0.05) is 11.6 Å². The smallest absolute Gasteiger partial charge is 0.231 e. The number of phenols is 1. The number of hydrogen-bond donors (Lipinski definition) is 1. The first-order valence-corrected chi connectivity index (χ1v) is 6.45. The van der Waals surface area contributed by atoms with Gasteiger partial charge in [-0.15, -0.1) is 0 Å². The lowest BCUT2D eigenvalue weighted by Crippen LogP contribution is -1.92. The van der Waals surface area contributed by atoms with Crippen LogP contribution in [0.2, 0.25) is 0 Å². The lowest BCUT2D eigenvalue weighted by atomic mass is 10.1. The lowest BCUT2D eigenvalue weighted by molar-refractivity contribution is 0.174. The van der Waals surface area contributed by atoms with Gasteiger partial charge >= 0.3 is 0 Å². The molecular weight excluding hydrogens is 270 g/mol. The molecule has 0 radical (unpaired) electrons. The topological polar surface area (TPSA) is 60.8 Å². The van der Waals surface area contributed by atoms with Gasteiger partial charge in [0.2, 0.25) is 12.7 Å². The summed E-state index contributed by atoms with van der Waals surface area (Å²) in [5.74, 6) is 2.69. The Morgan fingerprint density at radius 2 is 1.76 bits per heavy atom. The molecule has 0 saturated heterocycles. The highest BCUT2D eigenvalue weighted by Gasteiger charge is 2.16. The predicted molar refractivity (Wildman–Crippen MR) is 76.0 cm³/mol. The van der Waals surface area contributed by atoms with Crippen molar-refractivity contribution in [3.8, 4) is 28.9 Å². The van der Waals surface area contributed by atoms with Gasteiger partial charge < -0.3 is 19.3 Å². The molecule has 0 saturated carbocycles. The molecule has 3 aromatic rings. The first kappa shape index (κ1) is 11.8. The van der Waals surface area contributed by atoms with Crippen molar-refractivity contribution < 1.29 is 19.3 Å². The van der Waals surface area contributed by atoms with Crippen LogP contribution in [0.15, 0.2) is 48.7 Å². The zero-order chi connectivity index (χ0) is 14.2. The Kier molecular flexibility index (Phi) is 2.57. The van der Waals surface area contributed by atoms with E-state index in [1.165, 1.54) is 0 Å². The number of benzene rings is 2. The van der Waals surface area contributed by atoms with Gasteiger partial charge in [-0.3, -0.25) is 0 Å². The van der Waals surface area contributed by atoms with Crippen LogP contribution in [-0.4, -0.2) is 16.9 Å². The Hall–Kier alpha value is -2.95. The molecule has 5 nitrogen and oxygen atoms in total. The average Bonchev–Trinajstić information content (AvgIpc) is 2.95. The molecule has 104 valence electrons. The fourth-order valence-corrected chi connectivity index (χ4v) is 2.24. The van der Waals surface area contributed by atoms with Gasteiger partial charge in [-0.05, 0) is 47.9 Å². The molecule has 0 bridgehead atoms. The van der Waals surface area contributed by atoms with E-state index in [9.17, 15) is 5.11 Å². The molecule has 1 N–H and O–H groups in total. The summed E-state index contributed by atoms with van der Waals surface area (Å²) in [6.07, 6.45) is 1.68. The van der Waals surface area contributed by atoms with Crippen molar-refractivity contribution in [3.05, 3.63) is 48.7 Å². The third-order valence-electron chi connectivity index (χ3n) is 3.27. The van der Waals surface area contributed by atoms with E-state index in [4.69, 9.17) is 14.2 Å². The molecule has 0 atom stereocenters. The molecule has 0 aliphatic carbocycles. The molecule has 0 unspecified atom stereocenters. The summed E-state index contributed by atoms with van der Waals surface area (Å²) in [5.41, 5.74) is 0. The highest BCUT2D eigenvalue weighted by Crippen LogP contribution is 2.39. The largest absolute Gasteiger partial charge is 0.508 e. The van der Waals surface area contributed by atoms with Gasteiger partial charge in [0.25, 0.3) is 0 Å². The monoisotopic (exact) mass is 281 g/mol. The number of phenolic OH excluding ortho intramolecular Hbond substituents is 1. The van der Waals surface area contributed by atoms with Crippen LogP contribution in [-0.2, 0) is 0 Å². The Morgan fingerprint density at radius 3 is 2.57 bits per heavy atom. The summed E-state index contributed by atoms with van der Waals surface area (Å²) in [6, 6.07) is 12.2. The number of fused-ring (bicyclic) bond motifs is 2. The van der Waals surface area contributed by atoms with Crippen LogP contribution in [0.4, 0.5) is 0 Å². The van der Waals surface area contributed by atoms with Crippen molar-refractivity contribution in [1.29, 1.82) is 0 Å². The van der Waals surface area contributed by atoms with Gasteiger partial charge in [0.15, 0.2) is 11.5 Å². The third kappa shape index (κ3) is 2.08. The minimum absolute atomic E-state index is 0.191. The SMILES string of the molecule is Oc1ccc(Oc2nccc3cc4c(cc23)OCO4)cc1. The molecule has 1 aliphatic rings. The number of pyridine rings is 1. The van der Waals surface area contributed by atoms with E-state index in [0.717, 1.165) is 16.5 Å². The standard InChI is InChI=1S/C16H11NO4/c18-11-1-3-12(4-2-11)21-16-13-8-15-14(19-9-20-15)7-10(13)5-6-17-16/h1-8,18H,9H2. The number of nitrogens with zero attached hydrogens (tertiary/aromatic N) is 1. The van der Waals surface area contributed by atoms with Crippen molar-refractivity contribution in [1.82, 2.24) is 4.98 Å². The Labute approximate surface area is 120 Å². The first-order chi connectivity index (χ1) is 10.3. The maximum Gasteiger partial charge on any atom is 0.231 e. The molecule has 4 rings (SSSR count). The highest BCUT2D eigenvalue weighted by atomic mass is 16.7. The molecule has 0 spiro atoms. The third-order valence-corrected chi connectivity index (χ3v) is 3.27. The summed E-state index contributed by atoms with van der Waals surface area (Å²) in [4.78, 5) is 4.27. The molecule has 5 heteroatoms. The van der Waals surface area contributed by atoms with Crippen LogP contribution in [0, 0.1) is 0 Å². The van der Waals surface area contributed by atoms with Crippen molar-refractivity contribution >= 4 is 10.8 Å². The van der Waals surface area contributed by atoms with Gasteiger partial charge in [-0.25, -0.2) is 4.98 Å². The first-order valence-electron chi connectivity index (χ1n) is 6.45. The van der Waals surface area contributed by atoms with E-state index in [1.807, 2.05) is 18.2 Å². The van der Waals surface area contributed by atoms with E-state index in [0.29, 0.717) is 17.4 Å². The van der Waals surface area contributed by atoms with Crippen LogP contribution in [0.5, 0.6) is 28.9 Å². The Morgan fingerprint density at radius 1 is 1.00 bits per heavy atom. The molecule has 2 heterocycles. The summed E-state index contributed by atoms with van der Waals surface area (Å²) in [7, 11) is 0. The van der Waals surface area contributed by atoms with Crippen molar-refractivity contribution in [2.24, 2.45) is 0 Å². The molecule has 1 aromatic heterocycles. The molecule has 1 aliphatic heterocycles. The van der Waals surface area contributed by atoms with Crippen LogP contribution in [0.3, 0.4) is 0 Å². The maximum atomic E-state index is 9.30. The normalized spacial score (nSPS) is 12.6. The summed E-state index contributed by atoms with van der Waals surface area (Å²) < 4.78 is 16.5. The summed E-state index contributed by atoms with van der Waals surface area (Å²) in [6.45, 7) is 0.229. The molecule has 21 heavy (non-hydrogen) atoms. The van der Waals surface area contributed by atoms with Crippen molar-refractivity contribution in [3.63, 3.8) is 0 Å². The van der Waals surface area contributed by atoms with Gasteiger partial charge in [0.1, 0.15) is 11.5 Å². The van der Waals surface area contributed by atoms with Crippen molar-refractivity contribution in [2.45, 2.75) is 0 Å². The minimum Gasteiger partial charge on any atom is -0.508 e. The molecule has 0 amide bonds. The van der Waals surface area contributed by atoms with Crippen LogP contribution >= 0.6 is 0 Å². The Balaban J connectivity index is 1.79. The second-order valence-electron chi connectivity index (χ2n) is 4.64. The number of aromatic hydroxyl groups is 1. The second-order valence-corrected chi connectivity index (χ2v) is 4.64. The van der Waals surface area contributed by atoms with E-state index >= 15 is 0 Å². The molecule has 2 aromatic carbocycles. The van der Waals surface area contributed by atoms with E-state index < -0.39 is 0 Å². The van der Waals surface area contributed by atoms with Crippen LogP contribution < -0.4 is 14.2 Å². The number of aromatic nitrogens is 1. The number of ether oxygens (including phenoxy) is 3. The van der Waals surface area contributed by atoms with E-state index in [1.54, 1.807) is 30.5 Å². The quantitative estimate of drug-likeness (QED) is 0.779. The lowest BCUT2D eigenvalue weighted by Gasteiger charge is -2.08.